The van der Waals surface area contributed by atoms with E-state index in [-0.39, 0.29) is 0 Å². The van der Waals surface area contributed by atoms with E-state index in [1.54, 1.807) is 6.07 Å². The van der Waals surface area contributed by atoms with Crippen molar-refractivity contribution in [2.75, 3.05) is 13.8 Å². The van der Waals surface area contributed by atoms with E-state index in [1.165, 1.54) is 19.4 Å². The average molecular weight is 171 g/mol. The Labute approximate surface area is 69.8 Å². The first kappa shape index (κ1) is 8.93. The Morgan fingerprint density at radius 2 is 2.50 bits per heavy atom. The molecule has 0 amide bonds. The lowest BCUT2D eigenvalue weighted by Gasteiger charge is -2.06. The van der Waals surface area contributed by atoms with Gasteiger partial charge < -0.3 is 9.84 Å². The number of rotatable bonds is 3. The first-order valence-electron chi connectivity index (χ1n) is 3.52. The summed E-state index contributed by atoms with van der Waals surface area (Å²) in [7, 11) is 1.47. The fourth-order valence-electron chi connectivity index (χ4n) is 0.833. The summed E-state index contributed by atoms with van der Waals surface area (Å²) >= 11 is 0. The van der Waals surface area contributed by atoms with Crippen LogP contribution >= 0.6 is 0 Å². The molecule has 0 aromatic carbocycles. The lowest BCUT2D eigenvalue weighted by molar-refractivity contribution is 0.141. The molecule has 0 aliphatic heterocycles. The van der Waals surface area contributed by atoms with Gasteiger partial charge in [-0.25, -0.2) is 9.37 Å². The Bertz CT molecular complexity index is 255. The Kier molecular flexibility index (Phi) is 2.99. The highest BCUT2D eigenvalue weighted by atomic mass is 19.1. The van der Waals surface area contributed by atoms with E-state index in [1.807, 2.05) is 0 Å². The van der Waals surface area contributed by atoms with E-state index in [2.05, 4.69) is 4.98 Å². The van der Waals surface area contributed by atoms with Gasteiger partial charge in [-0.2, -0.15) is 0 Å². The summed E-state index contributed by atoms with van der Waals surface area (Å²) in [6.07, 6.45) is 0.384. The molecule has 1 atom stereocenters. The Morgan fingerprint density at radius 1 is 1.75 bits per heavy atom. The van der Waals surface area contributed by atoms with Crippen LogP contribution in [0.25, 0.3) is 0 Å². The molecule has 1 N–H and O–H groups in total. The molecule has 0 fully saturated rings. The van der Waals surface area contributed by atoms with E-state index in [0.29, 0.717) is 11.4 Å². The van der Waals surface area contributed by atoms with Crippen molar-refractivity contribution in [3.8, 4) is 5.88 Å². The predicted molar refractivity (Wildman–Crippen MR) is 41.7 cm³/mol. The molecule has 0 spiro atoms. The second-order valence-electron chi connectivity index (χ2n) is 2.30. The number of pyridine rings is 1. The number of aliphatic hydroxyl groups is 1. The minimum Gasteiger partial charge on any atom is -0.481 e. The number of aromatic nitrogens is 1. The first-order chi connectivity index (χ1) is 5.77. The molecule has 0 saturated carbocycles. The van der Waals surface area contributed by atoms with Gasteiger partial charge in [0.15, 0.2) is 0 Å². The third-order valence-corrected chi connectivity index (χ3v) is 1.50. The second kappa shape index (κ2) is 4.01. The van der Waals surface area contributed by atoms with Crippen LogP contribution in [0.15, 0.2) is 18.3 Å². The fourth-order valence-corrected chi connectivity index (χ4v) is 0.833. The zero-order valence-electron chi connectivity index (χ0n) is 6.70. The number of nitrogens with zero attached hydrogens (tertiary/aromatic N) is 1. The molecule has 1 heterocycles. The lowest BCUT2D eigenvalue weighted by Crippen LogP contribution is -2.00. The Balaban J connectivity index is 2.86. The van der Waals surface area contributed by atoms with Crippen molar-refractivity contribution in [1.82, 2.24) is 4.98 Å². The van der Waals surface area contributed by atoms with Crippen LogP contribution in [-0.2, 0) is 0 Å². The van der Waals surface area contributed by atoms with Crippen LogP contribution in [0.1, 0.15) is 11.7 Å². The number of ether oxygens (including phenoxy) is 1. The van der Waals surface area contributed by atoms with E-state index in [4.69, 9.17) is 9.84 Å². The molecule has 66 valence electrons. The van der Waals surface area contributed by atoms with Gasteiger partial charge in [0.05, 0.1) is 7.11 Å². The van der Waals surface area contributed by atoms with Crippen LogP contribution in [0.4, 0.5) is 4.39 Å². The Morgan fingerprint density at radius 3 is 3.08 bits per heavy atom. The normalized spacial score (nSPS) is 12.6. The number of alkyl halides is 1. The van der Waals surface area contributed by atoms with E-state index in [9.17, 15) is 4.39 Å². The average Bonchev–Trinajstić information content (AvgIpc) is 2.17. The molecule has 0 bridgehead atoms. The van der Waals surface area contributed by atoms with Crippen molar-refractivity contribution in [2.45, 2.75) is 6.10 Å². The number of halogens is 1. The maximum absolute atomic E-state index is 12.0. The molecule has 1 aromatic heterocycles. The summed E-state index contributed by atoms with van der Waals surface area (Å²) < 4.78 is 16.8. The van der Waals surface area contributed by atoms with Gasteiger partial charge in [0.25, 0.3) is 0 Å². The maximum atomic E-state index is 12.0. The van der Waals surface area contributed by atoms with Crippen LogP contribution in [0.3, 0.4) is 0 Å². The summed E-state index contributed by atoms with van der Waals surface area (Å²) in [5.41, 5.74) is 0.476. The third-order valence-electron chi connectivity index (χ3n) is 1.50. The van der Waals surface area contributed by atoms with Crippen molar-refractivity contribution in [1.29, 1.82) is 0 Å². The van der Waals surface area contributed by atoms with Crippen LogP contribution in [0, 0.1) is 0 Å². The van der Waals surface area contributed by atoms with Crippen LogP contribution in [-0.4, -0.2) is 23.9 Å². The van der Waals surface area contributed by atoms with Crippen LogP contribution in [0.2, 0.25) is 0 Å². The number of aliphatic hydroxyl groups excluding tert-OH is 1. The summed E-state index contributed by atoms with van der Waals surface area (Å²) in [6, 6.07) is 3.05. The van der Waals surface area contributed by atoms with Gasteiger partial charge in [0.1, 0.15) is 12.8 Å². The van der Waals surface area contributed by atoms with E-state index < -0.39 is 12.8 Å². The second-order valence-corrected chi connectivity index (χ2v) is 2.30. The summed E-state index contributed by atoms with van der Waals surface area (Å²) in [4.78, 5) is 3.82. The maximum Gasteiger partial charge on any atom is 0.213 e. The lowest BCUT2D eigenvalue weighted by atomic mass is 10.2. The van der Waals surface area contributed by atoms with Gasteiger partial charge in [-0.3, -0.25) is 0 Å². The molecular formula is C8H10FNO2. The molecule has 1 unspecified atom stereocenters. The van der Waals surface area contributed by atoms with Crippen LogP contribution < -0.4 is 4.74 Å². The largest absolute Gasteiger partial charge is 0.481 e. The van der Waals surface area contributed by atoms with E-state index >= 15 is 0 Å². The Hall–Kier alpha value is -1.16. The van der Waals surface area contributed by atoms with E-state index in [0.717, 1.165) is 0 Å². The highest BCUT2D eigenvalue weighted by molar-refractivity contribution is 5.22. The van der Waals surface area contributed by atoms with Crippen molar-refractivity contribution in [3.63, 3.8) is 0 Å². The molecule has 4 heteroatoms. The molecule has 1 aromatic rings. The zero-order chi connectivity index (χ0) is 8.97. The summed E-state index contributed by atoms with van der Waals surface area (Å²) in [5.74, 6) is 0.375. The zero-order valence-corrected chi connectivity index (χ0v) is 6.70. The molecule has 0 aliphatic rings. The minimum atomic E-state index is -1.08. The SMILES string of the molecule is COc1cc(C(O)CF)ccn1. The quantitative estimate of drug-likeness (QED) is 0.740. The molecular weight excluding hydrogens is 161 g/mol. The standard InChI is InChI=1S/C8H10FNO2/c1-12-8-4-6(2-3-10-8)7(11)5-9/h2-4,7,11H,5H2,1H3. The predicted octanol–water partition coefficient (Wildman–Crippen LogP) is 1.09. The smallest absolute Gasteiger partial charge is 0.213 e. The fraction of sp³-hybridized carbons (Fsp3) is 0.375. The number of hydrogen-bond donors (Lipinski definition) is 1. The highest BCUT2D eigenvalue weighted by Gasteiger charge is 2.07. The van der Waals surface area contributed by atoms with Gasteiger partial charge in [-0.15, -0.1) is 0 Å². The topological polar surface area (TPSA) is 42.4 Å². The van der Waals surface area contributed by atoms with Gasteiger partial charge in [0, 0.05) is 12.3 Å². The third kappa shape index (κ3) is 1.92. The molecule has 0 radical (unpaired) electrons. The highest BCUT2D eigenvalue weighted by Crippen LogP contribution is 2.16. The number of hydrogen-bond acceptors (Lipinski definition) is 3. The van der Waals surface area contributed by atoms with Gasteiger partial charge in [-0.1, -0.05) is 0 Å². The molecule has 1 rings (SSSR count). The first-order valence-corrected chi connectivity index (χ1v) is 3.52. The van der Waals surface area contributed by atoms with Gasteiger partial charge >= 0.3 is 0 Å². The minimum absolute atomic E-state index is 0.375. The van der Waals surface area contributed by atoms with Gasteiger partial charge in [-0.05, 0) is 11.6 Å². The van der Waals surface area contributed by atoms with Gasteiger partial charge in [0.2, 0.25) is 5.88 Å². The molecule has 12 heavy (non-hydrogen) atoms. The number of methoxy groups -OCH3 is 1. The van der Waals surface area contributed by atoms with Crippen LogP contribution in [0.5, 0.6) is 5.88 Å². The monoisotopic (exact) mass is 171 g/mol. The van der Waals surface area contributed by atoms with Crippen molar-refractivity contribution in [2.24, 2.45) is 0 Å². The summed E-state index contributed by atoms with van der Waals surface area (Å²) in [5, 5.41) is 9.09. The summed E-state index contributed by atoms with van der Waals surface area (Å²) in [6.45, 7) is -0.798. The molecule has 0 saturated heterocycles. The molecule has 3 nitrogen and oxygen atoms in total. The van der Waals surface area contributed by atoms with Crippen molar-refractivity contribution in [3.05, 3.63) is 23.9 Å². The van der Waals surface area contributed by atoms with Crippen molar-refractivity contribution < 1.29 is 14.2 Å². The molecule has 0 aliphatic carbocycles. The van der Waals surface area contributed by atoms with Crippen molar-refractivity contribution >= 4 is 0 Å².